The molecule has 0 N–H and O–H groups in total. The zero-order valence-corrected chi connectivity index (χ0v) is 19.1. The van der Waals surface area contributed by atoms with Gasteiger partial charge in [0.15, 0.2) is 0 Å². The van der Waals surface area contributed by atoms with Gasteiger partial charge < -0.3 is 4.74 Å². The molecule has 1 saturated heterocycles. The maximum Gasteiger partial charge on any atom is 0.416 e. The number of allylic oxidation sites excluding steroid dienone is 1. The van der Waals surface area contributed by atoms with Gasteiger partial charge in [-0.15, -0.1) is 0 Å². The predicted octanol–water partition coefficient (Wildman–Crippen LogP) is 7.03. The Balaban J connectivity index is 1.40. The molecule has 2 aliphatic carbocycles. The Bertz CT molecular complexity index is 1130. The second kappa shape index (κ2) is 8.71. The number of benzene rings is 1. The number of aromatic nitrogens is 1. The molecule has 3 fully saturated rings. The molecule has 35 heavy (non-hydrogen) atoms. The maximum atomic E-state index is 14.8. The van der Waals surface area contributed by atoms with Crippen LogP contribution in [0.5, 0.6) is 0 Å². The quantitative estimate of drug-likeness (QED) is 0.342. The number of pyridine rings is 1. The smallest absolute Gasteiger partial charge is 0.416 e. The van der Waals surface area contributed by atoms with Gasteiger partial charge in [0.05, 0.1) is 17.2 Å². The van der Waals surface area contributed by atoms with Crippen molar-refractivity contribution in [2.75, 3.05) is 0 Å². The summed E-state index contributed by atoms with van der Waals surface area (Å²) in [5, 5.41) is 0. The molecule has 1 unspecified atom stereocenters. The normalized spacial score (nSPS) is 32.2. The maximum absolute atomic E-state index is 14.8. The van der Waals surface area contributed by atoms with E-state index in [0.717, 1.165) is 12.1 Å². The predicted molar refractivity (Wildman–Crippen MR) is 120 cm³/mol. The summed E-state index contributed by atoms with van der Waals surface area (Å²) in [5.74, 6) is -5.18. The molecule has 2 aromatic rings. The van der Waals surface area contributed by atoms with Crippen molar-refractivity contribution in [1.29, 1.82) is 0 Å². The summed E-state index contributed by atoms with van der Waals surface area (Å²) >= 11 is 0. The largest absolute Gasteiger partial charge is 0.462 e. The summed E-state index contributed by atoms with van der Waals surface area (Å²) in [7, 11) is 0. The van der Waals surface area contributed by atoms with Crippen LogP contribution in [0.2, 0.25) is 0 Å². The number of halogens is 5. The number of rotatable bonds is 3. The summed E-state index contributed by atoms with van der Waals surface area (Å²) in [4.78, 5) is 16.8. The van der Waals surface area contributed by atoms with E-state index in [9.17, 15) is 26.7 Å². The zero-order chi connectivity index (χ0) is 25.0. The first kappa shape index (κ1) is 23.9. The molecule has 0 radical (unpaired) electrons. The van der Waals surface area contributed by atoms with E-state index in [1.54, 1.807) is 24.3 Å². The van der Waals surface area contributed by atoms with Crippen molar-refractivity contribution in [3.63, 3.8) is 0 Å². The van der Waals surface area contributed by atoms with E-state index in [-0.39, 0.29) is 42.7 Å². The van der Waals surface area contributed by atoms with Crippen molar-refractivity contribution in [3.8, 4) is 11.1 Å². The lowest BCUT2D eigenvalue weighted by atomic mass is 9.56. The summed E-state index contributed by atoms with van der Waals surface area (Å²) < 4.78 is 74.2. The average Bonchev–Trinajstić information content (AvgIpc) is 3.10. The lowest BCUT2D eigenvalue weighted by Crippen LogP contribution is -2.50. The minimum Gasteiger partial charge on any atom is -0.462 e. The Hall–Kier alpha value is -2.77. The highest BCUT2D eigenvalue weighted by Crippen LogP contribution is 2.57. The van der Waals surface area contributed by atoms with Crippen LogP contribution in [-0.2, 0) is 15.7 Å². The topological polar surface area (TPSA) is 39.2 Å². The van der Waals surface area contributed by atoms with Crippen molar-refractivity contribution in [2.24, 2.45) is 29.6 Å². The van der Waals surface area contributed by atoms with Crippen molar-refractivity contribution in [3.05, 3.63) is 59.9 Å². The molecule has 0 spiro atoms. The highest BCUT2D eigenvalue weighted by molar-refractivity contribution is 5.75. The van der Waals surface area contributed by atoms with Crippen LogP contribution in [0.4, 0.5) is 22.0 Å². The third kappa shape index (κ3) is 4.47. The molecule has 2 heterocycles. The van der Waals surface area contributed by atoms with Crippen molar-refractivity contribution >= 4 is 12.0 Å². The standard InChI is InChI=1S/C27H26F5NO2/c1-15-24-21(20-6-3-11-26(28,29)23(20)13-22(24)25(34)35-15)10-9-19-8-7-17(14-33-19)16-4-2-5-18(12-16)27(30,31)32/h2,4-5,7-10,12,14-15,20-24H,3,6,11,13H2,1H3/b10-9+/t15-,20?,21+,22-,23+,24+/m1/s1. The molecule has 6 atom stereocenters. The molecule has 5 rings (SSSR count). The fourth-order valence-electron chi connectivity index (χ4n) is 6.34. The number of carbonyl (C=O) groups is 1. The molecular weight excluding hydrogens is 465 g/mol. The van der Waals surface area contributed by atoms with Crippen LogP contribution in [0, 0.1) is 29.6 Å². The summed E-state index contributed by atoms with van der Waals surface area (Å²) in [5.41, 5.74) is 0.786. The van der Waals surface area contributed by atoms with Crippen LogP contribution in [0.1, 0.15) is 43.9 Å². The second-order valence-corrected chi connectivity index (χ2v) is 9.97. The fourth-order valence-corrected chi connectivity index (χ4v) is 6.34. The van der Waals surface area contributed by atoms with Gasteiger partial charge in [-0.1, -0.05) is 24.3 Å². The van der Waals surface area contributed by atoms with Gasteiger partial charge in [-0.25, -0.2) is 8.78 Å². The highest BCUT2D eigenvalue weighted by atomic mass is 19.4. The minimum absolute atomic E-state index is 0.148. The zero-order valence-electron chi connectivity index (χ0n) is 19.1. The van der Waals surface area contributed by atoms with E-state index in [1.165, 1.54) is 12.3 Å². The van der Waals surface area contributed by atoms with E-state index >= 15 is 0 Å². The monoisotopic (exact) mass is 491 g/mol. The number of esters is 1. The lowest BCUT2D eigenvalue weighted by molar-refractivity contribution is -0.154. The van der Waals surface area contributed by atoms with Crippen LogP contribution >= 0.6 is 0 Å². The van der Waals surface area contributed by atoms with Crippen LogP contribution < -0.4 is 0 Å². The molecule has 0 amide bonds. The van der Waals surface area contributed by atoms with Crippen molar-refractivity contribution in [1.82, 2.24) is 4.98 Å². The molecular formula is C27H26F5NO2. The van der Waals surface area contributed by atoms with Gasteiger partial charge in [0.25, 0.3) is 5.92 Å². The number of carbonyl (C=O) groups excluding carboxylic acids is 1. The van der Waals surface area contributed by atoms with Gasteiger partial charge in [0.2, 0.25) is 0 Å². The Labute approximate surface area is 200 Å². The van der Waals surface area contributed by atoms with Crippen LogP contribution in [-0.4, -0.2) is 23.0 Å². The molecule has 1 aliphatic heterocycles. The Morgan fingerprint density at radius 3 is 2.66 bits per heavy atom. The fraction of sp³-hybridized carbons (Fsp3) is 0.481. The minimum atomic E-state index is -4.43. The Morgan fingerprint density at radius 2 is 1.94 bits per heavy atom. The first-order valence-electron chi connectivity index (χ1n) is 11.9. The van der Waals surface area contributed by atoms with E-state index in [1.807, 2.05) is 13.0 Å². The van der Waals surface area contributed by atoms with Gasteiger partial charge in [-0.05, 0) is 67.9 Å². The van der Waals surface area contributed by atoms with Gasteiger partial charge in [-0.2, -0.15) is 13.2 Å². The first-order valence-corrected chi connectivity index (χ1v) is 11.9. The number of alkyl halides is 5. The van der Waals surface area contributed by atoms with Gasteiger partial charge in [-0.3, -0.25) is 9.78 Å². The summed E-state index contributed by atoms with van der Waals surface area (Å²) in [6.45, 7) is 1.83. The molecule has 2 saturated carbocycles. The molecule has 1 aromatic heterocycles. The number of fused-ring (bicyclic) bond motifs is 2. The number of ether oxygens (including phenoxy) is 1. The van der Waals surface area contributed by atoms with Crippen LogP contribution in [0.15, 0.2) is 48.7 Å². The number of cyclic esters (lactones) is 1. The molecule has 8 heteroatoms. The van der Waals surface area contributed by atoms with Crippen LogP contribution in [0.3, 0.4) is 0 Å². The van der Waals surface area contributed by atoms with Crippen LogP contribution in [0.25, 0.3) is 17.2 Å². The third-order valence-corrected chi connectivity index (χ3v) is 7.96. The van der Waals surface area contributed by atoms with Gasteiger partial charge >= 0.3 is 12.1 Å². The Kier molecular flexibility index (Phi) is 5.96. The van der Waals surface area contributed by atoms with E-state index in [0.29, 0.717) is 29.7 Å². The molecule has 0 bridgehead atoms. The van der Waals surface area contributed by atoms with E-state index in [4.69, 9.17) is 4.74 Å². The molecule has 3 aliphatic rings. The molecule has 3 nitrogen and oxygen atoms in total. The van der Waals surface area contributed by atoms with E-state index < -0.39 is 29.5 Å². The molecule has 186 valence electrons. The summed E-state index contributed by atoms with van der Waals surface area (Å²) in [6.07, 6.45) is 1.54. The number of nitrogens with zero attached hydrogens (tertiary/aromatic N) is 1. The van der Waals surface area contributed by atoms with Crippen molar-refractivity contribution in [2.45, 2.75) is 50.8 Å². The van der Waals surface area contributed by atoms with Gasteiger partial charge in [0.1, 0.15) is 6.10 Å². The molecule has 1 aromatic carbocycles. The lowest BCUT2D eigenvalue weighted by Gasteiger charge is -2.48. The Morgan fingerprint density at radius 1 is 1.14 bits per heavy atom. The second-order valence-electron chi connectivity index (χ2n) is 9.97. The number of hydrogen-bond donors (Lipinski definition) is 0. The average molecular weight is 492 g/mol. The summed E-state index contributed by atoms with van der Waals surface area (Å²) in [6, 6.07) is 8.43. The van der Waals surface area contributed by atoms with E-state index in [2.05, 4.69) is 4.98 Å². The van der Waals surface area contributed by atoms with Crippen molar-refractivity contribution < 1.29 is 31.5 Å². The number of hydrogen-bond acceptors (Lipinski definition) is 3. The SMILES string of the molecule is C[C@H]1OC(=O)[C@@H]2C[C@H]3C(CCCC3(F)F)[C@H](/C=C/c3ccc(-c4cccc(C(F)(F)F)c4)cn3)[C@H]12. The van der Waals surface area contributed by atoms with Gasteiger partial charge in [0, 0.05) is 30.0 Å². The highest BCUT2D eigenvalue weighted by Gasteiger charge is 2.60. The third-order valence-electron chi connectivity index (χ3n) is 7.96. The first-order chi connectivity index (χ1) is 16.5.